The van der Waals surface area contributed by atoms with E-state index in [0.717, 1.165) is 16.5 Å². The average molecular weight is 373 g/mol. The summed E-state index contributed by atoms with van der Waals surface area (Å²) in [6.07, 6.45) is 6.48. The minimum Gasteiger partial charge on any atom is -0.425 e. The van der Waals surface area contributed by atoms with Crippen molar-refractivity contribution >= 4 is 27.8 Å². The molecule has 4 heterocycles. The van der Waals surface area contributed by atoms with Gasteiger partial charge in [-0.25, -0.2) is 19.7 Å². The van der Waals surface area contributed by atoms with Gasteiger partial charge in [0.2, 0.25) is 0 Å². The van der Waals surface area contributed by atoms with Gasteiger partial charge in [0.1, 0.15) is 17.6 Å². The fraction of sp³-hybridized carbons (Fsp3) is 0.105. The first-order valence-corrected chi connectivity index (χ1v) is 8.68. The van der Waals surface area contributed by atoms with Crippen molar-refractivity contribution in [1.82, 2.24) is 30.1 Å². The fourth-order valence-corrected chi connectivity index (χ4v) is 3.35. The third-order valence-electron chi connectivity index (χ3n) is 4.62. The van der Waals surface area contributed by atoms with E-state index in [1.165, 1.54) is 6.33 Å². The Bertz CT molecular complexity index is 1340. The predicted molar refractivity (Wildman–Crippen MR) is 104 cm³/mol. The Kier molecular flexibility index (Phi) is 3.64. The van der Waals surface area contributed by atoms with Gasteiger partial charge >= 0.3 is 5.63 Å². The summed E-state index contributed by atoms with van der Waals surface area (Å²) in [7, 11) is 0. The Morgan fingerprint density at radius 3 is 2.82 bits per heavy atom. The first kappa shape index (κ1) is 16.2. The number of rotatable bonds is 4. The van der Waals surface area contributed by atoms with Crippen molar-refractivity contribution in [2.24, 2.45) is 0 Å². The third-order valence-corrected chi connectivity index (χ3v) is 4.62. The second-order valence-corrected chi connectivity index (χ2v) is 6.35. The molecule has 0 radical (unpaired) electrons. The zero-order valence-corrected chi connectivity index (χ0v) is 14.8. The fourth-order valence-electron chi connectivity index (χ4n) is 3.35. The normalized spacial score (nSPS) is 12.5. The van der Waals surface area contributed by atoms with Crippen LogP contribution in [-0.2, 0) is 0 Å². The molecule has 4 aromatic heterocycles. The lowest BCUT2D eigenvalue weighted by Crippen LogP contribution is -2.14. The lowest BCUT2D eigenvalue weighted by atomic mass is 9.98. The molecule has 0 spiro atoms. The van der Waals surface area contributed by atoms with Crippen molar-refractivity contribution in [3.63, 3.8) is 0 Å². The van der Waals surface area contributed by atoms with E-state index in [-0.39, 0.29) is 11.7 Å². The van der Waals surface area contributed by atoms with Crippen LogP contribution in [0.3, 0.4) is 0 Å². The van der Waals surface area contributed by atoms with Crippen LogP contribution in [0.15, 0.2) is 58.5 Å². The summed E-state index contributed by atoms with van der Waals surface area (Å²) < 4.78 is 5.74. The number of aromatic nitrogens is 6. The van der Waals surface area contributed by atoms with Gasteiger partial charge in [-0.3, -0.25) is 5.10 Å². The lowest BCUT2D eigenvalue weighted by Gasteiger charge is -2.18. The van der Waals surface area contributed by atoms with Crippen molar-refractivity contribution in [3.05, 3.63) is 65.5 Å². The Balaban J connectivity index is 1.69. The number of hydrogen-bond donors (Lipinski definition) is 3. The molecule has 0 saturated heterocycles. The summed E-state index contributed by atoms with van der Waals surface area (Å²) in [5.41, 5.74) is 2.48. The molecule has 9 heteroatoms. The van der Waals surface area contributed by atoms with Gasteiger partial charge in [0.15, 0.2) is 11.5 Å². The van der Waals surface area contributed by atoms with Crippen molar-refractivity contribution in [1.29, 1.82) is 0 Å². The van der Waals surface area contributed by atoms with Crippen LogP contribution in [0, 0.1) is 0 Å². The number of benzene rings is 1. The molecule has 0 aliphatic carbocycles. The van der Waals surface area contributed by atoms with Crippen molar-refractivity contribution in [2.75, 3.05) is 5.32 Å². The number of hydrogen-bond acceptors (Lipinski definition) is 7. The third kappa shape index (κ3) is 2.52. The summed E-state index contributed by atoms with van der Waals surface area (Å²) in [4.78, 5) is 28.2. The number of imidazole rings is 1. The molecule has 0 aliphatic rings. The van der Waals surface area contributed by atoms with Gasteiger partial charge in [-0.15, -0.1) is 0 Å². The van der Waals surface area contributed by atoms with Crippen LogP contribution in [0.4, 0.5) is 5.82 Å². The van der Waals surface area contributed by atoms with Gasteiger partial charge in [-0.2, -0.15) is 5.10 Å². The van der Waals surface area contributed by atoms with Crippen molar-refractivity contribution < 1.29 is 4.42 Å². The molecular formula is C19H15N7O2. The molecule has 0 fully saturated rings. The van der Waals surface area contributed by atoms with E-state index in [9.17, 15) is 4.79 Å². The summed E-state index contributed by atoms with van der Waals surface area (Å²) in [6, 6.07) is 7.00. The molecule has 5 rings (SSSR count). The van der Waals surface area contributed by atoms with Gasteiger partial charge in [0, 0.05) is 22.7 Å². The highest BCUT2D eigenvalue weighted by Gasteiger charge is 2.22. The molecule has 1 aromatic carbocycles. The quantitative estimate of drug-likeness (QED) is 0.442. The minimum absolute atomic E-state index is 0.364. The molecule has 0 aliphatic heterocycles. The van der Waals surface area contributed by atoms with Crippen LogP contribution in [0.25, 0.3) is 33.1 Å². The van der Waals surface area contributed by atoms with Gasteiger partial charge in [0.25, 0.3) is 0 Å². The first-order valence-electron chi connectivity index (χ1n) is 8.68. The minimum atomic E-state index is -0.390. The van der Waals surface area contributed by atoms with Gasteiger partial charge in [-0.1, -0.05) is 18.2 Å². The standard InChI is InChI=1S/C19H15N7O2/c1-10(26-18-15-17(21-8-20-15)22-9-23-18)16-14(11-6-24-25-7-11)12-4-2-3-5-13(12)19(27)28-16/h2-10H,1H3,(H,24,25)(H2,20,21,22,23,26). The van der Waals surface area contributed by atoms with Crippen LogP contribution in [-0.4, -0.2) is 30.1 Å². The smallest absolute Gasteiger partial charge is 0.343 e. The molecule has 1 atom stereocenters. The molecule has 0 amide bonds. The highest BCUT2D eigenvalue weighted by Crippen LogP contribution is 2.34. The molecule has 28 heavy (non-hydrogen) atoms. The molecule has 1 unspecified atom stereocenters. The van der Waals surface area contributed by atoms with E-state index < -0.39 is 0 Å². The molecule has 0 bridgehead atoms. The zero-order chi connectivity index (χ0) is 19.1. The highest BCUT2D eigenvalue weighted by atomic mass is 16.4. The van der Waals surface area contributed by atoms with E-state index in [1.54, 1.807) is 24.8 Å². The SMILES string of the molecule is CC(Nc1ncnc2[nH]cnc12)c1oc(=O)c2ccccc2c1-c1cn[nH]c1. The molecule has 138 valence electrons. The van der Waals surface area contributed by atoms with Crippen LogP contribution < -0.4 is 10.9 Å². The molecule has 5 aromatic rings. The predicted octanol–water partition coefficient (Wildman–Crippen LogP) is 3.02. The van der Waals surface area contributed by atoms with E-state index >= 15 is 0 Å². The summed E-state index contributed by atoms with van der Waals surface area (Å²) >= 11 is 0. The molecule has 9 nitrogen and oxygen atoms in total. The average Bonchev–Trinajstić information content (AvgIpc) is 3.40. The van der Waals surface area contributed by atoms with Crippen LogP contribution >= 0.6 is 0 Å². The van der Waals surface area contributed by atoms with E-state index in [1.807, 2.05) is 25.1 Å². The maximum atomic E-state index is 12.6. The summed E-state index contributed by atoms with van der Waals surface area (Å²) in [6.45, 7) is 1.90. The second kappa shape index (κ2) is 6.31. The number of H-pyrrole nitrogens is 2. The van der Waals surface area contributed by atoms with Crippen LogP contribution in [0.1, 0.15) is 18.7 Å². The number of nitrogens with zero attached hydrogens (tertiary/aromatic N) is 4. The number of anilines is 1. The lowest BCUT2D eigenvalue weighted by molar-refractivity contribution is 0.452. The van der Waals surface area contributed by atoms with Gasteiger partial charge in [0.05, 0.1) is 24.0 Å². The first-order chi connectivity index (χ1) is 13.7. The Morgan fingerprint density at radius 2 is 2.00 bits per heavy atom. The van der Waals surface area contributed by atoms with Gasteiger partial charge in [-0.05, 0) is 13.0 Å². The largest absolute Gasteiger partial charge is 0.425 e. The monoisotopic (exact) mass is 373 g/mol. The van der Waals surface area contributed by atoms with Crippen molar-refractivity contribution in [3.8, 4) is 11.1 Å². The summed E-state index contributed by atoms with van der Waals surface area (Å²) in [5.74, 6) is 1.04. The zero-order valence-electron chi connectivity index (χ0n) is 14.8. The van der Waals surface area contributed by atoms with E-state index in [4.69, 9.17) is 4.42 Å². The summed E-state index contributed by atoms with van der Waals surface area (Å²) in [5, 5.41) is 11.5. The highest BCUT2D eigenvalue weighted by molar-refractivity contribution is 5.96. The van der Waals surface area contributed by atoms with Crippen LogP contribution in [0.5, 0.6) is 0 Å². The van der Waals surface area contributed by atoms with Gasteiger partial charge < -0.3 is 14.7 Å². The van der Waals surface area contributed by atoms with Crippen molar-refractivity contribution in [2.45, 2.75) is 13.0 Å². The van der Waals surface area contributed by atoms with E-state index in [2.05, 4.69) is 35.5 Å². The Labute approximate surface area is 157 Å². The maximum absolute atomic E-state index is 12.6. The number of fused-ring (bicyclic) bond motifs is 2. The Hall–Kier alpha value is -4.01. The molecule has 0 saturated carbocycles. The number of nitrogens with one attached hydrogen (secondary N) is 3. The van der Waals surface area contributed by atoms with E-state index in [0.29, 0.717) is 28.1 Å². The maximum Gasteiger partial charge on any atom is 0.343 e. The molecular weight excluding hydrogens is 358 g/mol. The van der Waals surface area contributed by atoms with Crippen LogP contribution in [0.2, 0.25) is 0 Å². The topological polar surface area (TPSA) is 125 Å². The number of aromatic amines is 2. The Morgan fingerprint density at radius 1 is 1.14 bits per heavy atom. The molecule has 3 N–H and O–H groups in total. The second-order valence-electron chi connectivity index (χ2n) is 6.35.